The third-order valence-electron chi connectivity index (χ3n) is 2.21. The highest BCUT2D eigenvalue weighted by Gasteiger charge is 2.30. The van der Waals surface area contributed by atoms with Gasteiger partial charge in [0.1, 0.15) is 0 Å². The molecule has 1 aromatic carbocycles. The summed E-state index contributed by atoms with van der Waals surface area (Å²) in [5, 5.41) is 0. The van der Waals surface area contributed by atoms with Gasteiger partial charge in [0.05, 0.1) is 16.4 Å². The van der Waals surface area contributed by atoms with Gasteiger partial charge in [-0.05, 0) is 37.6 Å². The van der Waals surface area contributed by atoms with Crippen molar-refractivity contribution >= 4 is 10.8 Å². The van der Waals surface area contributed by atoms with Gasteiger partial charge < -0.3 is 5.73 Å². The first kappa shape index (κ1) is 14.2. The molecule has 0 aromatic heterocycles. The van der Waals surface area contributed by atoms with Crippen LogP contribution in [0.5, 0.6) is 0 Å². The Hall–Kier alpha value is -0.880. The van der Waals surface area contributed by atoms with Crippen molar-refractivity contribution in [2.24, 2.45) is 5.73 Å². The highest BCUT2D eigenvalue weighted by Crippen LogP contribution is 2.30. The van der Waals surface area contributed by atoms with E-state index in [9.17, 15) is 17.4 Å². The Kier molecular flexibility index (Phi) is 5.14. The Morgan fingerprint density at radius 1 is 1.24 bits per heavy atom. The molecular formula is C11H14F3NOS. The van der Waals surface area contributed by atoms with E-state index in [1.54, 1.807) is 0 Å². The molecule has 0 aliphatic heterocycles. The quantitative estimate of drug-likeness (QED) is 0.831. The van der Waals surface area contributed by atoms with Crippen molar-refractivity contribution in [1.82, 2.24) is 0 Å². The summed E-state index contributed by atoms with van der Waals surface area (Å²) < 4.78 is 49.0. The Morgan fingerprint density at radius 3 is 2.53 bits per heavy atom. The minimum Gasteiger partial charge on any atom is -0.330 e. The predicted octanol–water partition coefficient (Wildman–Crippen LogP) is 2.55. The van der Waals surface area contributed by atoms with Crippen LogP contribution in [0.4, 0.5) is 13.2 Å². The molecule has 2 N–H and O–H groups in total. The average Bonchev–Trinajstić information content (AvgIpc) is 2.28. The van der Waals surface area contributed by atoms with Crippen LogP contribution >= 0.6 is 0 Å². The summed E-state index contributed by atoms with van der Waals surface area (Å²) in [5.74, 6) is 0.346. The van der Waals surface area contributed by atoms with Crippen LogP contribution in [-0.4, -0.2) is 16.5 Å². The molecule has 0 amide bonds. The summed E-state index contributed by atoms with van der Waals surface area (Å²) in [7, 11) is -1.39. The first-order valence-electron chi connectivity index (χ1n) is 5.21. The number of benzene rings is 1. The summed E-state index contributed by atoms with van der Waals surface area (Å²) in [6.07, 6.45) is -3.01. The van der Waals surface area contributed by atoms with Gasteiger partial charge in [0.2, 0.25) is 0 Å². The maximum atomic E-state index is 12.4. The summed E-state index contributed by atoms with van der Waals surface area (Å²) in [6.45, 7) is 0.500. The zero-order chi connectivity index (χ0) is 12.9. The van der Waals surface area contributed by atoms with E-state index in [4.69, 9.17) is 5.73 Å². The fraction of sp³-hybridized carbons (Fsp3) is 0.455. The lowest BCUT2D eigenvalue weighted by Crippen LogP contribution is -2.07. The van der Waals surface area contributed by atoms with Crippen LogP contribution in [0.1, 0.15) is 18.4 Å². The lowest BCUT2D eigenvalue weighted by Gasteiger charge is -2.08. The van der Waals surface area contributed by atoms with E-state index in [1.807, 2.05) is 0 Å². The number of hydrogen-bond donors (Lipinski definition) is 1. The molecule has 0 saturated carbocycles. The number of halogens is 3. The van der Waals surface area contributed by atoms with E-state index in [1.165, 1.54) is 12.1 Å². The SMILES string of the molecule is NCCCCS(=O)c1cccc(C(F)(F)F)c1. The zero-order valence-electron chi connectivity index (χ0n) is 9.17. The molecule has 1 aromatic rings. The van der Waals surface area contributed by atoms with Gasteiger partial charge >= 0.3 is 6.18 Å². The van der Waals surface area contributed by atoms with Crippen molar-refractivity contribution in [3.8, 4) is 0 Å². The van der Waals surface area contributed by atoms with Crippen molar-refractivity contribution < 1.29 is 17.4 Å². The molecule has 0 fully saturated rings. The Morgan fingerprint density at radius 2 is 1.94 bits per heavy atom. The van der Waals surface area contributed by atoms with Gasteiger partial charge in [-0.3, -0.25) is 4.21 Å². The third-order valence-corrected chi connectivity index (χ3v) is 3.65. The first-order chi connectivity index (χ1) is 7.95. The van der Waals surface area contributed by atoms with E-state index in [0.717, 1.165) is 18.6 Å². The van der Waals surface area contributed by atoms with Crippen LogP contribution in [0, 0.1) is 0 Å². The Bertz CT molecular complexity index is 393. The molecule has 1 unspecified atom stereocenters. The maximum absolute atomic E-state index is 12.4. The molecule has 0 saturated heterocycles. The maximum Gasteiger partial charge on any atom is 0.416 e. The van der Waals surface area contributed by atoms with Crippen LogP contribution in [0.25, 0.3) is 0 Å². The van der Waals surface area contributed by atoms with Gasteiger partial charge in [0.15, 0.2) is 0 Å². The second-order valence-electron chi connectivity index (χ2n) is 3.57. The van der Waals surface area contributed by atoms with Crippen molar-refractivity contribution in [3.05, 3.63) is 29.8 Å². The number of unbranched alkanes of at least 4 members (excludes halogenated alkanes) is 1. The van der Waals surface area contributed by atoms with Gasteiger partial charge in [-0.15, -0.1) is 0 Å². The Balaban J connectivity index is 2.74. The summed E-state index contributed by atoms with van der Waals surface area (Å²) in [5.41, 5.74) is 4.53. The molecule has 0 aliphatic rings. The molecular weight excluding hydrogens is 251 g/mol. The Labute approximate surface area is 100 Å². The molecule has 0 aliphatic carbocycles. The fourth-order valence-corrected chi connectivity index (χ4v) is 2.50. The van der Waals surface area contributed by atoms with E-state index >= 15 is 0 Å². The lowest BCUT2D eigenvalue weighted by atomic mass is 10.2. The molecule has 0 heterocycles. The average molecular weight is 265 g/mol. The van der Waals surface area contributed by atoms with Gasteiger partial charge in [0, 0.05) is 10.6 Å². The zero-order valence-corrected chi connectivity index (χ0v) is 9.98. The normalized spacial score (nSPS) is 13.6. The topological polar surface area (TPSA) is 43.1 Å². The fourth-order valence-electron chi connectivity index (χ4n) is 1.31. The standard InChI is InChI=1S/C11H14F3NOS/c12-11(13,14)9-4-3-5-10(8-9)17(16)7-2-1-6-15/h3-5,8H,1-2,6-7,15H2. The van der Waals surface area contributed by atoms with E-state index < -0.39 is 22.5 Å². The van der Waals surface area contributed by atoms with E-state index in [-0.39, 0.29) is 4.90 Å². The summed E-state index contributed by atoms with van der Waals surface area (Å²) in [6, 6.07) is 4.64. The number of alkyl halides is 3. The largest absolute Gasteiger partial charge is 0.416 e. The van der Waals surface area contributed by atoms with E-state index in [2.05, 4.69) is 0 Å². The highest BCUT2D eigenvalue weighted by molar-refractivity contribution is 7.85. The smallest absolute Gasteiger partial charge is 0.330 e. The first-order valence-corrected chi connectivity index (χ1v) is 6.52. The number of nitrogens with two attached hydrogens (primary N) is 1. The van der Waals surface area contributed by atoms with Crippen molar-refractivity contribution in [1.29, 1.82) is 0 Å². The molecule has 0 bridgehead atoms. The van der Waals surface area contributed by atoms with E-state index in [0.29, 0.717) is 18.7 Å². The number of rotatable bonds is 5. The minimum atomic E-state index is -4.39. The minimum absolute atomic E-state index is 0.219. The van der Waals surface area contributed by atoms with Crippen molar-refractivity contribution in [2.75, 3.05) is 12.3 Å². The molecule has 96 valence electrons. The van der Waals surface area contributed by atoms with Crippen molar-refractivity contribution in [2.45, 2.75) is 23.9 Å². The van der Waals surface area contributed by atoms with Gasteiger partial charge in [-0.25, -0.2) is 0 Å². The summed E-state index contributed by atoms with van der Waals surface area (Å²) in [4.78, 5) is 0.219. The number of hydrogen-bond acceptors (Lipinski definition) is 2. The molecule has 6 heteroatoms. The lowest BCUT2D eigenvalue weighted by molar-refractivity contribution is -0.137. The van der Waals surface area contributed by atoms with Gasteiger partial charge in [0.25, 0.3) is 0 Å². The molecule has 17 heavy (non-hydrogen) atoms. The second-order valence-corrected chi connectivity index (χ2v) is 5.14. The van der Waals surface area contributed by atoms with Crippen LogP contribution in [0.2, 0.25) is 0 Å². The van der Waals surface area contributed by atoms with Crippen LogP contribution in [-0.2, 0) is 17.0 Å². The predicted molar refractivity (Wildman–Crippen MR) is 61.0 cm³/mol. The molecule has 1 rings (SSSR count). The molecule has 2 nitrogen and oxygen atoms in total. The van der Waals surface area contributed by atoms with Crippen LogP contribution in [0.3, 0.4) is 0 Å². The van der Waals surface area contributed by atoms with Gasteiger partial charge in [-0.2, -0.15) is 13.2 Å². The third kappa shape index (κ3) is 4.47. The highest BCUT2D eigenvalue weighted by atomic mass is 32.2. The van der Waals surface area contributed by atoms with Crippen LogP contribution < -0.4 is 5.73 Å². The monoisotopic (exact) mass is 265 g/mol. The van der Waals surface area contributed by atoms with Crippen molar-refractivity contribution in [3.63, 3.8) is 0 Å². The molecule has 1 atom stereocenters. The molecule has 0 spiro atoms. The second kappa shape index (κ2) is 6.16. The van der Waals surface area contributed by atoms with Crippen LogP contribution in [0.15, 0.2) is 29.2 Å². The van der Waals surface area contributed by atoms with Gasteiger partial charge in [-0.1, -0.05) is 6.07 Å². The summed E-state index contributed by atoms with van der Waals surface area (Å²) >= 11 is 0. The molecule has 0 radical (unpaired) electrons.